The monoisotopic (exact) mass is 270 g/mol. The molecule has 0 spiro atoms. The van der Waals surface area contributed by atoms with Crippen molar-refractivity contribution in [3.63, 3.8) is 0 Å². The molecule has 5 nitrogen and oxygen atoms in total. The van der Waals surface area contributed by atoms with Crippen LogP contribution in [0.4, 0.5) is 4.79 Å². The molecule has 2 heterocycles. The van der Waals surface area contributed by atoms with Gasteiger partial charge in [-0.05, 0) is 25.7 Å². The molecule has 5 heteroatoms. The number of ether oxygens (including phenoxy) is 2. The molecule has 2 amide bonds. The van der Waals surface area contributed by atoms with Gasteiger partial charge < -0.3 is 20.1 Å². The molecule has 0 radical (unpaired) electrons. The number of hydrogen-bond donors (Lipinski definition) is 2. The molecule has 2 aliphatic rings. The van der Waals surface area contributed by atoms with Gasteiger partial charge in [-0.15, -0.1) is 0 Å². The van der Waals surface area contributed by atoms with E-state index in [0.29, 0.717) is 18.4 Å². The minimum atomic E-state index is -0.0863. The first-order chi connectivity index (χ1) is 9.08. The number of urea groups is 1. The van der Waals surface area contributed by atoms with Gasteiger partial charge in [-0.3, -0.25) is 0 Å². The summed E-state index contributed by atoms with van der Waals surface area (Å²) in [4.78, 5) is 11.9. The lowest BCUT2D eigenvalue weighted by atomic mass is 9.93. The molecule has 2 rings (SSSR count). The summed E-state index contributed by atoms with van der Waals surface area (Å²) in [7, 11) is 0. The van der Waals surface area contributed by atoms with Crippen molar-refractivity contribution in [2.24, 2.45) is 11.8 Å². The standard InChI is InChI=1S/C14H26N2O3/c1-9(2)13-11(4-6-19-13)8-15-14(17)16-12-5-7-18-10(12)3/h9-13H,4-8H2,1-3H3,(H2,15,16,17)/t10-,11-,12+,13-/m1/s1. The van der Waals surface area contributed by atoms with Gasteiger partial charge in [0.15, 0.2) is 0 Å². The van der Waals surface area contributed by atoms with Crippen LogP contribution >= 0.6 is 0 Å². The van der Waals surface area contributed by atoms with E-state index >= 15 is 0 Å². The Kier molecular flexibility index (Phi) is 5.05. The molecule has 0 aromatic rings. The second-order valence-corrected chi connectivity index (χ2v) is 5.95. The highest BCUT2D eigenvalue weighted by atomic mass is 16.5. The summed E-state index contributed by atoms with van der Waals surface area (Å²) in [5, 5.41) is 5.95. The maximum absolute atomic E-state index is 11.9. The smallest absolute Gasteiger partial charge is 0.315 e. The third-order valence-electron chi connectivity index (χ3n) is 4.14. The maximum Gasteiger partial charge on any atom is 0.315 e. The summed E-state index contributed by atoms with van der Waals surface area (Å²) in [5.74, 6) is 0.934. The highest BCUT2D eigenvalue weighted by molar-refractivity contribution is 5.74. The topological polar surface area (TPSA) is 59.6 Å². The lowest BCUT2D eigenvalue weighted by Crippen LogP contribution is -2.46. The molecule has 0 aromatic carbocycles. The van der Waals surface area contributed by atoms with E-state index in [-0.39, 0.29) is 24.3 Å². The second kappa shape index (κ2) is 6.57. The van der Waals surface area contributed by atoms with E-state index in [1.807, 2.05) is 6.92 Å². The fourth-order valence-electron chi connectivity index (χ4n) is 2.98. The van der Waals surface area contributed by atoms with Gasteiger partial charge in [0.25, 0.3) is 0 Å². The number of nitrogens with one attached hydrogen (secondary N) is 2. The van der Waals surface area contributed by atoms with Gasteiger partial charge in [0.05, 0.1) is 18.2 Å². The van der Waals surface area contributed by atoms with Crippen LogP contribution in [0.3, 0.4) is 0 Å². The van der Waals surface area contributed by atoms with Gasteiger partial charge in [-0.2, -0.15) is 0 Å². The summed E-state index contributed by atoms with van der Waals surface area (Å²) in [6.07, 6.45) is 2.32. The minimum absolute atomic E-state index is 0.0863. The van der Waals surface area contributed by atoms with Crippen molar-refractivity contribution in [3.05, 3.63) is 0 Å². The van der Waals surface area contributed by atoms with Crippen LogP contribution in [-0.4, -0.2) is 44.0 Å². The van der Waals surface area contributed by atoms with E-state index in [1.54, 1.807) is 0 Å². The summed E-state index contributed by atoms with van der Waals surface area (Å²) in [5.41, 5.74) is 0. The molecule has 0 saturated carbocycles. The Balaban J connectivity index is 1.71. The van der Waals surface area contributed by atoms with Crippen LogP contribution in [0.5, 0.6) is 0 Å². The van der Waals surface area contributed by atoms with Gasteiger partial charge in [0, 0.05) is 25.7 Å². The SMILES string of the molecule is CC(C)[C@H]1OCC[C@@H]1CNC(=O)N[C@H]1CCO[C@@H]1C. The summed E-state index contributed by atoms with van der Waals surface area (Å²) in [6, 6.07) is 0.0532. The average molecular weight is 270 g/mol. The molecule has 19 heavy (non-hydrogen) atoms. The first kappa shape index (κ1) is 14.6. The van der Waals surface area contributed by atoms with Crippen LogP contribution in [0.2, 0.25) is 0 Å². The molecule has 2 aliphatic heterocycles. The molecule has 0 aromatic heterocycles. The lowest BCUT2D eigenvalue weighted by molar-refractivity contribution is 0.0544. The van der Waals surface area contributed by atoms with E-state index in [4.69, 9.17) is 9.47 Å². The minimum Gasteiger partial charge on any atom is -0.378 e. The Morgan fingerprint density at radius 2 is 2.00 bits per heavy atom. The number of amides is 2. The van der Waals surface area contributed by atoms with Crippen molar-refractivity contribution < 1.29 is 14.3 Å². The van der Waals surface area contributed by atoms with Gasteiger partial charge in [-0.1, -0.05) is 13.8 Å². The molecule has 0 aliphatic carbocycles. The van der Waals surface area contributed by atoms with E-state index in [0.717, 1.165) is 26.1 Å². The Bertz CT molecular complexity index is 309. The van der Waals surface area contributed by atoms with E-state index < -0.39 is 0 Å². The quantitative estimate of drug-likeness (QED) is 0.814. The van der Waals surface area contributed by atoms with Gasteiger partial charge in [0.1, 0.15) is 0 Å². The summed E-state index contributed by atoms with van der Waals surface area (Å²) < 4.78 is 11.1. The van der Waals surface area contributed by atoms with Crippen LogP contribution in [0, 0.1) is 11.8 Å². The molecule has 0 bridgehead atoms. The second-order valence-electron chi connectivity index (χ2n) is 5.95. The molecule has 2 fully saturated rings. The third kappa shape index (κ3) is 3.83. The van der Waals surface area contributed by atoms with Crippen LogP contribution in [0.25, 0.3) is 0 Å². The van der Waals surface area contributed by atoms with E-state index in [9.17, 15) is 4.79 Å². The highest BCUT2D eigenvalue weighted by Gasteiger charge is 2.31. The van der Waals surface area contributed by atoms with Crippen LogP contribution in [0.15, 0.2) is 0 Å². The molecular formula is C14H26N2O3. The molecule has 110 valence electrons. The molecule has 2 saturated heterocycles. The Labute approximate surface area is 115 Å². The summed E-state index contributed by atoms with van der Waals surface area (Å²) in [6.45, 7) is 8.57. The van der Waals surface area contributed by atoms with Gasteiger partial charge in [-0.25, -0.2) is 4.79 Å². The van der Waals surface area contributed by atoms with Crippen molar-refractivity contribution in [2.75, 3.05) is 19.8 Å². The molecule has 4 atom stereocenters. The van der Waals surface area contributed by atoms with Crippen molar-refractivity contribution in [1.82, 2.24) is 10.6 Å². The number of rotatable bonds is 4. The van der Waals surface area contributed by atoms with Crippen LogP contribution in [-0.2, 0) is 9.47 Å². The first-order valence-corrected chi connectivity index (χ1v) is 7.35. The third-order valence-corrected chi connectivity index (χ3v) is 4.14. The highest BCUT2D eigenvalue weighted by Crippen LogP contribution is 2.26. The number of carbonyl (C=O) groups excluding carboxylic acids is 1. The van der Waals surface area contributed by atoms with Crippen molar-refractivity contribution in [2.45, 2.75) is 51.9 Å². The average Bonchev–Trinajstić information content (AvgIpc) is 2.96. The molecule has 2 N–H and O–H groups in total. The largest absolute Gasteiger partial charge is 0.378 e. The zero-order valence-electron chi connectivity index (χ0n) is 12.1. The zero-order chi connectivity index (χ0) is 13.8. The van der Waals surface area contributed by atoms with Gasteiger partial charge >= 0.3 is 6.03 Å². The van der Waals surface area contributed by atoms with Crippen LogP contribution < -0.4 is 10.6 Å². The predicted molar refractivity (Wildman–Crippen MR) is 73.0 cm³/mol. The molecule has 0 unspecified atom stereocenters. The maximum atomic E-state index is 11.9. The normalized spacial score (nSPS) is 34.7. The fourth-order valence-corrected chi connectivity index (χ4v) is 2.98. The van der Waals surface area contributed by atoms with E-state index in [1.165, 1.54) is 0 Å². The summed E-state index contributed by atoms with van der Waals surface area (Å²) >= 11 is 0. The predicted octanol–water partition coefficient (Wildman–Crippen LogP) is 1.52. The van der Waals surface area contributed by atoms with Gasteiger partial charge in [0.2, 0.25) is 0 Å². The van der Waals surface area contributed by atoms with Crippen molar-refractivity contribution in [1.29, 1.82) is 0 Å². The molecular weight excluding hydrogens is 244 g/mol. The number of hydrogen-bond acceptors (Lipinski definition) is 3. The van der Waals surface area contributed by atoms with Crippen molar-refractivity contribution in [3.8, 4) is 0 Å². The van der Waals surface area contributed by atoms with Crippen LogP contribution in [0.1, 0.15) is 33.6 Å². The Hall–Kier alpha value is -0.810. The van der Waals surface area contributed by atoms with E-state index in [2.05, 4.69) is 24.5 Å². The van der Waals surface area contributed by atoms with Crippen molar-refractivity contribution >= 4 is 6.03 Å². The number of carbonyl (C=O) groups is 1. The Morgan fingerprint density at radius 3 is 2.63 bits per heavy atom. The first-order valence-electron chi connectivity index (χ1n) is 7.35. The lowest BCUT2D eigenvalue weighted by Gasteiger charge is -2.23. The zero-order valence-corrected chi connectivity index (χ0v) is 12.1. The fraction of sp³-hybridized carbons (Fsp3) is 0.929. The Morgan fingerprint density at radius 1 is 1.26 bits per heavy atom.